The molecule has 0 aliphatic heterocycles. The van der Waals surface area contributed by atoms with Crippen molar-refractivity contribution in [2.75, 3.05) is 5.32 Å². The minimum atomic E-state index is -0.298. The number of aromatic nitrogens is 4. The number of aromatic amines is 1. The maximum Gasteiger partial charge on any atom is 0.287 e. The fourth-order valence-corrected chi connectivity index (χ4v) is 1.92. The van der Waals surface area contributed by atoms with Crippen LogP contribution in [0.15, 0.2) is 23.4 Å². The molecule has 2 aromatic heterocycles. The van der Waals surface area contributed by atoms with Crippen molar-refractivity contribution in [1.29, 1.82) is 0 Å². The van der Waals surface area contributed by atoms with Crippen molar-refractivity contribution in [1.82, 2.24) is 19.7 Å². The summed E-state index contributed by atoms with van der Waals surface area (Å²) in [5.41, 5.74) is 0.209. The van der Waals surface area contributed by atoms with Crippen LogP contribution >= 0.6 is 11.6 Å². The van der Waals surface area contributed by atoms with E-state index in [-0.39, 0.29) is 22.7 Å². The van der Waals surface area contributed by atoms with Gasteiger partial charge in [-0.15, -0.1) is 0 Å². The van der Waals surface area contributed by atoms with Gasteiger partial charge in [-0.1, -0.05) is 11.6 Å². The molecule has 0 aromatic carbocycles. The van der Waals surface area contributed by atoms with Crippen LogP contribution in [0.5, 0.6) is 0 Å². The van der Waals surface area contributed by atoms with Crippen molar-refractivity contribution in [3.63, 3.8) is 0 Å². The fourth-order valence-electron chi connectivity index (χ4n) is 1.73. The van der Waals surface area contributed by atoms with Gasteiger partial charge >= 0.3 is 0 Å². The number of nitrogens with one attached hydrogen (secondary N) is 2. The van der Waals surface area contributed by atoms with E-state index in [9.17, 15) is 4.79 Å². The summed E-state index contributed by atoms with van der Waals surface area (Å²) in [4.78, 5) is 19.1. The van der Waals surface area contributed by atoms with Crippen molar-refractivity contribution in [3.05, 3.63) is 39.8 Å². The monoisotopic (exact) mass is 281 g/mol. The smallest absolute Gasteiger partial charge is 0.287 e. The predicted molar refractivity (Wildman–Crippen MR) is 74.5 cm³/mol. The van der Waals surface area contributed by atoms with Crippen LogP contribution in [0.25, 0.3) is 0 Å². The normalized spacial score (nSPS) is 12.7. The molecule has 2 rings (SSSR count). The van der Waals surface area contributed by atoms with Crippen LogP contribution in [0.1, 0.15) is 38.7 Å². The van der Waals surface area contributed by atoms with Gasteiger partial charge < -0.3 is 10.3 Å². The lowest BCUT2D eigenvalue weighted by molar-refractivity contribution is 0.503. The maximum absolute atomic E-state index is 12.0. The molecule has 6 nitrogen and oxygen atoms in total. The number of nitrogens with zero attached hydrogens (tertiary/aromatic N) is 3. The highest BCUT2D eigenvalue weighted by Gasteiger charge is 2.14. The molecule has 19 heavy (non-hydrogen) atoms. The molecule has 2 aromatic rings. The maximum atomic E-state index is 12.0. The number of anilines is 1. The first-order chi connectivity index (χ1) is 9.00. The molecule has 1 unspecified atom stereocenters. The molecule has 0 saturated heterocycles. The Bertz CT molecular complexity index is 605. The van der Waals surface area contributed by atoms with Crippen LogP contribution in [0, 0.1) is 0 Å². The lowest BCUT2D eigenvalue weighted by atomic mass is 10.3. The molecule has 0 aliphatic carbocycles. The summed E-state index contributed by atoms with van der Waals surface area (Å²) < 4.78 is 1.35. The number of imidazole rings is 1. The third kappa shape index (κ3) is 2.78. The Morgan fingerprint density at radius 2 is 2.16 bits per heavy atom. The molecular weight excluding hydrogens is 266 g/mol. The van der Waals surface area contributed by atoms with Gasteiger partial charge in [0.1, 0.15) is 10.8 Å². The standard InChI is InChI=1S/C12H16ClN5O/c1-7(2)18-12(19)10(13)9(6-16-18)17-8(3)11-14-4-5-15-11/h4-8,17H,1-3H3,(H,14,15). The summed E-state index contributed by atoms with van der Waals surface area (Å²) in [6, 6.07) is -0.120. The van der Waals surface area contributed by atoms with Gasteiger partial charge in [0.25, 0.3) is 5.56 Å². The van der Waals surface area contributed by atoms with Gasteiger partial charge in [-0.3, -0.25) is 4.79 Å². The Balaban J connectivity index is 2.27. The van der Waals surface area contributed by atoms with Gasteiger partial charge in [0.2, 0.25) is 0 Å². The van der Waals surface area contributed by atoms with Crippen LogP contribution in [-0.4, -0.2) is 19.7 Å². The zero-order valence-electron chi connectivity index (χ0n) is 11.0. The molecule has 0 amide bonds. The predicted octanol–water partition coefficient (Wildman–Crippen LogP) is 2.37. The first-order valence-electron chi connectivity index (χ1n) is 6.04. The second kappa shape index (κ2) is 5.44. The summed E-state index contributed by atoms with van der Waals surface area (Å²) in [6.07, 6.45) is 4.97. The Morgan fingerprint density at radius 1 is 1.42 bits per heavy atom. The van der Waals surface area contributed by atoms with Gasteiger partial charge in [-0.25, -0.2) is 9.67 Å². The highest BCUT2D eigenvalue weighted by Crippen LogP contribution is 2.21. The lowest BCUT2D eigenvalue weighted by Gasteiger charge is -2.15. The zero-order valence-corrected chi connectivity index (χ0v) is 11.8. The average molecular weight is 282 g/mol. The third-order valence-corrected chi connectivity index (χ3v) is 3.10. The van der Waals surface area contributed by atoms with Gasteiger partial charge in [0, 0.05) is 12.4 Å². The van der Waals surface area contributed by atoms with E-state index in [0.717, 1.165) is 5.82 Å². The van der Waals surface area contributed by atoms with E-state index < -0.39 is 0 Å². The second-order valence-corrected chi connectivity index (χ2v) is 4.93. The molecule has 0 saturated carbocycles. The fraction of sp³-hybridized carbons (Fsp3) is 0.417. The molecule has 0 radical (unpaired) electrons. The number of rotatable bonds is 4. The molecule has 2 heterocycles. The van der Waals surface area contributed by atoms with Gasteiger partial charge in [0.05, 0.1) is 24.0 Å². The minimum Gasteiger partial charge on any atom is -0.373 e. The molecule has 102 valence electrons. The van der Waals surface area contributed by atoms with E-state index >= 15 is 0 Å². The summed E-state index contributed by atoms with van der Waals surface area (Å²) in [6.45, 7) is 5.68. The van der Waals surface area contributed by atoms with Crippen molar-refractivity contribution in [2.24, 2.45) is 0 Å². The van der Waals surface area contributed by atoms with Crippen molar-refractivity contribution >= 4 is 17.3 Å². The SMILES string of the molecule is CC(Nc1cnn(C(C)C)c(=O)c1Cl)c1ncc[nH]1. The molecule has 1 atom stereocenters. The van der Waals surface area contributed by atoms with Gasteiger partial charge in [0.15, 0.2) is 0 Å². The lowest BCUT2D eigenvalue weighted by Crippen LogP contribution is -2.26. The van der Waals surface area contributed by atoms with Crippen LogP contribution in [0.2, 0.25) is 5.02 Å². The first kappa shape index (κ1) is 13.6. The number of hydrogen-bond donors (Lipinski definition) is 2. The van der Waals surface area contributed by atoms with Crippen LogP contribution in [-0.2, 0) is 0 Å². The molecule has 0 spiro atoms. The van der Waals surface area contributed by atoms with E-state index in [4.69, 9.17) is 11.6 Å². The van der Waals surface area contributed by atoms with E-state index in [1.165, 1.54) is 4.68 Å². The molecule has 7 heteroatoms. The van der Waals surface area contributed by atoms with Crippen LogP contribution in [0.3, 0.4) is 0 Å². The zero-order chi connectivity index (χ0) is 14.0. The van der Waals surface area contributed by atoms with E-state index in [1.54, 1.807) is 18.6 Å². The number of H-pyrrole nitrogens is 1. The van der Waals surface area contributed by atoms with Crippen molar-refractivity contribution in [3.8, 4) is 0 Å². The van der Waals surface area contributed by atoms with E-state index in [0.29, 0.717) is 5.69 Å². The summed E-state index contributed by atoms with van der Waals surface area (Å²) in [5.74, 6) is 0.768. The third-order valence-electron chi connectivity index (χ3n) is 2.73. The Morgan fingerprint density at radius 3 is 2.74 bits per heavy atom. The Kier molecular flexibility index (Phi) is 3.90. The second-order valence-electron chi connectivity index (χ2n) is 4.56. The number of hydrogen-bond acceptors (Lipinski definition) is 4. The first-order valence-corrected chi connectivity index (χ1v) is 6.41. The molecular formula is C12H16ClN5O. The largest absolute Gasteiger partial charge is 0.373 e. The van der Waals surface area contributed by atoms with Gasteiger partial charge in [-0.05, 0) is 20.8 Å². The molecule has 2 N–H and O–H groups in total. The van der Waals surface area contributed by atoms with E-state index in [1.807, 2.05) is 20.8 Å². The number of halogens is 1. The Labute approximate surface area is 115 Å². The Hall–Kier alpha value is -1.82. The summed E-state index contributed by atoms with van der Waals surface area (Å²) >= 11 is 6.08. The van der Waals surface area contributed by atoms with E-state index in [2.05, 4.69) is 20.4 Å². The molecule has 0 aliphatic rings. The van der Waals surface area contributed by atoms with Crippen LogP contribution in [0.4, 0.5) is 5.69 Å². The quantitative estimate of drug-likeness (QED) is 0.902. The van der Waals surface area contributed by atoms with Crippen molar-refractivity contribution < 1.29 is 0 Å². The summed E-state index contributed by atoms with van der Waals surface area (Å²) in [7, 11) is 0. The van der Waals surface area contributed by atoms with Gasteiger partial charge in [-0.2, -0.15) is 5.10 Å². The van der Waals surface area contributed by atoms with Crippen molar-refractivity contribution in [2.45, 2.75) is 32.9 Å². The summed E-state index contributed by atoms with van der Waals surface area (Å²) in [5, 5.41) is 7.36. The highest BCUT2D eigenvalue weighted by atomic mass is 35.5. The molecule has 0 bridgehead atoms. The van der Waals surface area contributed by atoms with Crippen LogP contribution < -0.4 is 10.9 Å². The highest BCUT2D eigenvalue weighted by molar-refractivity contribution is 6.32. The molecule has 0 fully saturated rings. The average Bonchev–Trinajstić information content (AvgIpc) is 2.88. The minimum absolute atomic E-state index is 0.0263. The topological polar surface area (TPSA) is 75.6 Å².